The van der Waals surface area contributed by atoms with E-state index in [1.165, 1.54) is 6.08 Å². The van der Waals surface area contributed by atoms with Gasteiger partial charge in [-0.25, -0.2) is 4.79 Å². The Kier molecular flexibility index (Phi) is 28.7. The number of esters is 3. The van der Waals surface area contributed by atoms with Crippen LogP contribution in [0, 0.1) is 29.6 Å². The second-order valence-corrected chi connectivity index (χ2v) is 23.9. The van der Waals surface area contributed by atoms with Crippen LogP contribution in [-0.2, 0) is 52.3 Å². The lowest BCUT2D eigenvalue weighted by atomic mass is 9.77. The van der Waals surface area contributed by atoms with E-state index in [-0.39, 0.29) is 83.5 Å². The fraction of sp³-hybridized carbons (Fsp3) is 0.895. The van der Waals surface area contributed by atoms with E-state index in [1.54, 1.807) is 48.5 Å². The zero-order valence-electron chi connectivity index (χ0n) is 48.4. The van der Waals surface area contributed by atoms with Gasteiger partial charge in [0.15, 0.2) is 12.1 Å². The van der Waals surface area contributed by atoms with Crippen molar-refractivity contribution in [3.63, 3.8) is 0 Å². The van der Waals surface area contributed by atoms with E-state index in [2.05, 4.69) is 0 Å². The molecule has 4 aliphatic rings. The molecule has 0 spiro atoms. The van der Waals surface area contributed by atoms with E-state index in [4.69, 9.17) is 33.2 Å². The van der Waals surface area contributed by atoms with Gasteiger partial charge in [0.05, 0.1) is 79.4 Å². The zero-order chi connectivity index (χ0) is 60.6. The van der Waals surface area contributed by atoms with Crippen molar-refractivity contribution in [2.75, 3.05) is 0 Å². The number of aliphatic hydroxyl groups is 12. The molecule has 4 heterocycles. The molecule has 470 valence electrons. The summed E-state index contributed by atoms with van der Waals surface area (Å²) < 4.78 is 41.0. The maximum Gasteiger partial charge on any atom is 0.330 e. The van der Waals surface area contributed by atoms with Gasteiger partial charge in [0.25, 0.3) is 0 Å². The van der Waals surface area contributed by atoms with Crippen LogP contribution in [0.15, 0.2) is 12.2 Å². The van der Waals surface area contributed by atoms with Gasteiger partial charge >= 0.3 is 23.9 Å². The second-order valence-electron chi connectivity index (χ2n) is 23.9. The summed E-state index contributed by atoms with van der Waals surface area (Å²) in [7, 11) is 0. The number of unbranched alkanes of at least 4 members (excludes halogenated alkanes) is 1. The molecule has 2 bridgehead atoms. The summed E-state index contributed by atoms with van der Waals surface area (Å²) in [6.45, 7) is 13.6. The third-order valence-electron chi connectivity index (χ3n) is 16.9. The molecule has 81 heavy (non-hydrogen) atoms. The zero-order valence-corrected chi connectivity index (χ0v) is 48.4. The highest BCUT2D eigenvalue weighted by atomic mass is 16.7. The van der Waals surface area contributed by atoms with Crippen LogP contribution < -0.4 is 0 Å². The minimum atomic E-state index is -2.47. The lowest BCUT2D eigenvalue weighted by Crippen LogP contribution is -2.59. The van der Waals surface area contributed by atoms with E-state index in [0.717, 1.165) is 12.5 Å². The summed E-state index contributed by atoms with van der Waals surface area (Å²) in [5.41, 5.74) is 0. The summed E-state index contributed by atoms with van der Waals surface area (Å²) >= 11 is 0. The Labute approximate surface area is 475 Å². The number of carboxylic acid groups (broad SMARTS) is 1. The van der Waals surface area contributed by atoms with Gasteiger partial charge in [-0.3, -0.25) is 14.4 Å². The van der Waals surface area contributed by atoms with Gasteiger partial charge in [-0.05, 0) is 84.0 Å². The number of epoxide rings is 1. The number of ether oxygens (including phenoxy) is 7. The molecule has 4 rings (SSSR count). The van der Waals surface area contributed by atoms with Crippen LogP contribution in [0.2, 0.25) is 0 Å². The summed E-state index contributed by atoms with van der Waals surface area (Å²) in [5, 5.41) is 143. The molecule has 13 N–H and O–H groups in total. The minimum Gasteiger partial charge on any atom is -0.481 e. The van der Waals surface area contributed by atoms with Crippen molar-refractivity contribution >= 4 is 23.9 Å². The monoisotopic (exact) mass is 1170 g/mol. The molecule has 24 nitrogen and oxygen atoms in total. The number of hydrogen-bond acceptors (Lipinski definition) is 23. The number of carboxylic acids is 1. The van der Waals surface area contributed by atoms with Crippen LogP contribution in [0.5, 0.6) is 0 Å². The molecule has 0 radical (unpaired) electrons. The lowest BCUT2D eigenvalue weighted by Gasteiger charge is -2.45. The van der Waals surface area contributed by atoms with Gasteiger partial charge < -0.3 is 99.5 Å². The second kappa shape index (κ2) is 33.0. The van der Waals surface area contributed by atoms with Gasteiger partial charge in [0.2, 0.25) is 0 Å². The fourth-order valence-corrected chi connectivity index (χ4v) is 11.5. The molecule has 0 aromatic heterocycles. The molecular formula is C57H98O24. The van der Waals surface area contributed by atoms with Gasteiger partial charge in [0, 0.05) is 61.9 Å². The highest BCUT2D eigenvalue weighted by molar-refractivity contribution is 5.90. The van der Waals surface area contributed by atoms with Crippen LogP contribution in [0.1, 0.15) is 165 Å². The molecule has 24 heteroatoms. The highest BCUT2D eigenvalue weighted by Gasteiger charge is 2.53. The van der Waals surface area contributed by atoms with E-state index in [9.17, 15) is 85.6 Å². The first-order valence-corrected chi connectivity index (χ1v) is 29.3. The van der Waals surface area contributed by atoms with Gasteiger partial charge in [0.1, 0.15) is 43.0 Å². The molecule has 26 atom stereocenters. The Balaban J connectivity index is 1.53. The molecule has 0 aliphatic carbocycles. The first-order valence-electron chi connectivity index (χ1n) is 29.3. The predicted molar refractivity (Wildman–Crippen MR) is 286 cm³/mol. The van der Waals surface area contributed by atoms with E-state index < -0.39 is 194 Å². The molecule has 0 aromatic carbocycles. The van der Waals surface area contributed by atoms with Crippen molar-refractivity contribution in [2.24, 2.45) is 29.6 Å². The molecule has 4 aliphatic heterocycles. The number of hydrogen-bond donors (Lipinski definition) is 13. The number of cyclic esters (lactones) is 1. The Morgan fingerprint density at radius 3 is 2.06 bits per heavy atom. The number of rotatable bonds is 15. The lowest BCUT2D eigenvalue weighted by molar-refractivity contribution is -0.333. The largest absolute Gasteiger partial charge is 0.481 e. The third kappa shape index (κ3) is 22.1. The molecule has 0 aromatic rings. The van der Waals surface area contributed by atoms with E-state index >= 15 is 0 Å². The van der Waals surface area contributed by atoms with Crippen LogP contribution in [-0.4, -0.2) is 218 Å². The number of aliphatic carboxylic acids is 1. The Morgan fingerprint density at radius 1 is 0.728 bits per heavy atom. The standard InChI is InChI=1S/C57H98O24/c1-9-10-16-46(67)78-44-25-49(76-34(8)52(44)72)75-33(7)29(3)50(70)30(4)51(71)31(5)53-32(6)54-55(80-54)41(62)15-12-14-39(77-48(69)26-45(65)66)22-38(61)23-40-24-42(63)56(73)57(74,81-40)27-43(64)28(2)18-19-36(59)21-37(60)20-35(58)13-11-17-47(68)79-53/h11,17,28-44,49-56,58-64,70-74H,9-10,12-16,18-27H2,1-8H3,(H,65,66)/b17-11+/t28-,29+,30-,31+,32-,33+,34+,35+,36+,37+,38+,39-,40-,41+,42+,43-,44+,49-,50+,51+,52-,53-,54-,55+,56-,57+/m1/s1. The van der Waals surface area contributed by atoms with Gasteiger partial charge in [-0.1, -0.05) is 54.0 Å². The maximum atomic E-state index is 13.6. The quantitative estimate of drug-likeness (QED) is 0.0474. The summed E-state index contributed by atoms with van der Waals surface area (Å²) in [4.78, 5) is 50.0. The number of fused-ring (bicyclic) bond motifs is 3. The first kappa shape index (κ1) is 70.5. The maximum absolute atomic E-state index is 13.6. The SMILES string of the molecule is CCCCC(=O)O[C@H]1C[C@H](O[C@@H](C)[C@H](C)[C@H](O)[C@@H](C)[C@H](O)[C@H](C)[C@H]2OC(=O)/C=C/C[C@H](O)C[C@H](O)C[C@@H](O)CC[C@@H](C)[C@H](O)C[C@]3(O)O[C@H](C[C@@H](O)C[C@H](OC(=O)CC(=O)O)CCC[C@H](O)[C@@H]4O[C@@H]4[C@@H]2C)C[C@H](O)[C@H]3O)O[C@@H](C)[C@H]1O. The molecule has 0 saturated carbocycles. The molecule has 0 amide bonds. The normalized spacial score (nSPS) is 40.3. The van der Waals surface area contributed by atoms with Gasteiger partial charge in [-0.2, -0.15) is 0 Å². The van der Waals surface area contributed by atoms with Crippen LogP contribution in [0.3, 0.4) is 0 Å². The van der Waals surface area contributed by atoms with Crippen molar-refractivity contribution in [3.05, 3.63) is 12.2 Å². The van der Waals surface area contributed by atoms with E-state index in [1.807, 2.05) is 6.92 Å². The average Bonchev–Trinajstić information content (AvgIpc) is 4.22. The molecule has 0 unspecified atom stereocenters. The van der Waals surface area contributed by atoms with Crippen molar-refractivity contribution in [2.45, 2.75) is 293 Å². The fourth-order valence-electron chi connectivity index (χ4n) is 11.5. The van der Waals surface area contributed by atoms with Crippen molar-refractivity contribution in [1.29, 1.82) is 0 Å². The number of aliphatic hydroxyl groups excluding tert-OH is 11. The molecule has 3 fully saturated rings. The van der Waals surface area contributed by atoms with Gasteiger partial charge in [-0.15, -0.1) is 0 Å². The van der Waals surface area contributed by atoms with E-state index in [0.29, 0.717) is 6.42 Å². The summed E-state index contributed by atoms with van der Waals surface area (Å²) in [6, 6.07) is 0. The third-order valence-corrected chi connectivity index (χ3v) is 16.9. The molecular weight excluding hydrogens is 1070 g/mol. The number of carbonyl (C=O) groups is 4. The van der Waals surface area contributed by atoms with Crippen LogP contribution in [0.25, 0.3) is 0 Å². The Hall–Kier alpha value is -3.02. The Morgan fingerprint density at radius 2 is 1.40 bits per heavy atom. The van der Waals surface area contributed by atoms with Crippen molar-refractivity contribution < 1.29 is 119 Å². The van der Waals surface area contributed by atoms with Crippen molar-refractivity contribution in [1.82, 2.24) is 0 Å². The van der Waals surface area contributed by atoms with Crippen LogP contribution >= 0.6 is 0 Å². The minimum absolute atomic E-state index is 0.0265. The first-order chi connectivity index (χ1) is 37.9. The number of carbonyl (C=O) groups excluding carboxylic acids is 3. The Bertz CT molecular complexity index is 1940. The van der Waals surface area contributed by atoms with Crippen molar-refractivity contribution in [3.8, 4) is 0 Å². The predicted octanol–water partition coefficient (Wildman–Crippen LogP) is 1.18. The van der Waals surface area contributed by atoms with Crippen LogP contribution in [0.4, 0.5) is 0 Å². The highest BCUT2D eigenvalue weighted by Crippen LogP contribution is 2.41. The topological polar surface area (TPSA) is 399 Å². The average molecular weight is 1170 g/mol. The molecule has 3 saturated heterocycles. The summed E-state index contributed by atoms with van der Waals surface area (Å²) in [5.74, 6) is -10.0. The smallest absolute Gasteiger partial charge is 0.330 e. The summed E-state index contributed by atoms with van der Waals surface area (Å²) in [6.07, 6.45) is -20.3.